The number of nitrogens with one attached hydrogen (secondary N) is 1. The van der Waals surface area contributed by atoms with Gasteiger partial charge < -0.3 is 15.5 Å². The molecule has 1 aromatic rings. The van der Waals surface area contributed by atoms with Gasteiger partial charge in [0.05, 0.1) is 5.56 Å². The highest BCUT2D eigenvalue weighted by Crippen LogP contribution is 2.09. The number of aromatic carboxylic acids is 1. The highest BCUT2D eigenvalue weighted by atomic mass is 16.4. The molecule has 0 amide bonds. The van der Waals surface area contributed by atoms with Crippen molar-refractivity contribution in [2.45, 2.75) is 25.8 Å². The summed E-state index contributed by atoms with van der Waals surface area (Å²) in [6.45, 7) is 2.14. The number of rotatable bonds is 6. The van der Waals surface area contributed by atoms with Gasteiger partial charge in [-0.05, 0) is 25.0 Å². The lowest BCUT2D eigenvalue weighted by molar-refractivity contribution is 0.0696. The second-order valence-electron chi connectivity index (χ2n) is 3.50. The molecule has 0 radical (unpaired) electrons. The Morgan fingerprint density at radius 2 is 2.31 bits per heavy atom. The van der Waals surface area contributed by atoms with Gasteiger partial charge in [0.15, 0.2) is 0 Å². The molecule has 1 atom stereocenters. The Morgan fingerprint density at radius 1 is 1.56 bits per heavy atom. The smallest absolute Gasteiger partial charge is 0.337 e. The molecular weight excluding hydrogens is 208 g/mol. The van der Waals surface area contributed by atoms with Crippen LogP contribution >= 0.6 is 0 Å². The summed E-state index contributed by atoms with van der Waals surface area (Å²) in [7, 11) is 0. The van der Waals surface area contributed by atoms with Gasteiger partial charge in [0.25, 0.3) is 0 Å². The number of carboxylic acids is 1. The van der Waals surface area contributed by atoms with Gasteiger partial charge in [-0.1, -0.05) is 6.92 Å². The Balaban J connectivity index is 2.63. The van der Waals surface area contributed by atoms with Gasteiger partial charge in [-0.2, -0.15) is 0 Å². The first-order valence-electron chi connectivity index (χ1n) is 5.24. The number of carbonyl (C=O) groups is 1. The molecule has 0 aliphatic heterocycles. The number of hydrogen-bond acceptors (Lipinski definition) is 4. The third-order valence-corrected chi connectivity index (χ3v) is 2.33. The molecule has 5 nitrogen and oxygen atoms in total. The maximum atomic E-state index is 10.6. The lowest BCUT2D eigenvalue weighted by Crippen LogP contribution is -2.20. The number of aliphatic hydroxyl groups is 1. The molecule has 88 valence electrons. The molecule has 0 aromatic carbocycles. The third kappa shape index (κ3) is 3.51. The van der Waals surface area contributed by atoms with E-state index in [0.717, 1.165) is 6.42 Å². The molecule has 0 fully saturated rings. The van der Waals surface area contributed by atoms with Crippen molar-refractivity contribution in [3.05, 3.63) is 23.9 Å². The normalized spacial score (nSPS) is 12.1. The van der Waals surface area contributed by atoms with Crippen LogP contribution in [-0.4, -0.2) is 33.8 Å². The zero-order valence-electron chi connectivity index (χ0n) is 9.18. The second kappa shape index (κ2) is 6.07. The van der Waals surface area contributed by atoms with Crippen LogP contribution in [-0.2, 0) is 0 Å². The van der Waals surface area contributed by atoms with Crippen LogP contribution in [0.15, 0.2) is 18.3 Å². The molecule has 0 bridgehead atoms. The van der Waals surface area contributed by atoms with Crippen molar-refractivity contribution < 1.29 is 15.0 Å². The van der Waals surface area contributed by atoms with Crippen molar-refractivity contribution in [3.63, 3.8) is 0 Å². The van der Waals surface area contributed by atoms with E-state index in [4.69, 9.17) is 10.2 Å². The Kier molecular flexibility index (Phi) is 4.72. The molecular formula is C11H16N2O3. The summed E-state index contributed by atoms with van der Waals surface area (Å²) >= 11 is 0. The van der Waals surface area contributed by atoms with Gasteiger partial charge in [-0.25, -0.2) is 9.78 Å². The summed E-state index contributed by atoms with van der Waals surface area (Å²) in [6.07, 6.45) is 2.85. The second-order valence-corrected chi connectivity index (χ2v) is 3.50. The minimum Gasteiger partial charge on any atom is -0.478 e. The number of aliphatic hydroxyl groups excluding tert-OH is 1. The molecule has 0 spiro atoms. The first-order valence-corrected chi connectivity index (χ1v) is 5.24. The molecule has 0 saturated carbocycles. The van der Waals surface area contributed by atoms with Gasteiger partial charge >= 0.3 is 5.97 Å². The van der Waals surface area contributed by atoms with E-state index in [9.17, 15) is 4.79 Å². The Labute approximate surface area is 94.1 Å². The van der Waals surface area contributed by atoms with Crippen LogP contribution in [0, 0.1) is 0 Å². The molecule has 0 saturated heterocycles. The van der Waals surface area contributed by atoms with Crippen molar-refractivity contribution in [2.24, 2.45) is 0 Å². The first-order chi connectivity index (χ1) is 7.67. The van der Waals surface area contributed by atoms with Crippen LogP contribution in [0.3, 0.4) is 0 Å². The number of aromatic nitrogens is 1. The van der Waals surface area contributed by atoms with Crippen molar-refractivity contribution in [3.8, 4) is 0 Å². The highest BCUT2D eigenvalue weighted by Gasteiger charge is 2.07. The van der Waals surface area contributed by atoms with Gasteiger partial charge in [-0.15, -0.1) is 0 Å². The fourth-order valence-corrected chi connectivity index (χ4v) is 1.35. The molecule has 0 aliphatic rings. The van der Waals surface area contributed by atoms with E-state index in [0.29, 0.717) is 12.2 Å². The fourth-order valence-electron chi connectivity index (χ4n) is 1.35. The molecule has 16 heavy (non-hydrogen) atoms. The largest absolute Gasteiger partial charge is 0.478 e. The van der Waals surface area contributed by atoms with Crippen molar-refractivity contribution in [2.75, 3.05) is 11.9 Å². The highest BCUT2D eigenvalue weighted by molar-refractivity contribution is 5.87. The van der Waals surface area contributed by atoms with Crippen molar-refractivity contribution in [1.29, 1.82) is 0 Å². The van der Waals surface area contributed by atoms with E-state index < -0.39 is 5.97 Å². The minimum atomic E-state index is -0.985. The number of hydrogen-bond donors (Lipinski definition) is 3. The number of anilines is 1. The average molecular weight is 224 g/mol. The number of nitrogens with zero attached hydrogens (tertiary/aromatic N) is 1. The lowest BCUT2D eigenvalue weighted by Gasteiger charge is -2.16. The summed E-state index contributed by atoms with van der Waals surface area (Å²) in [4.78, 5) is 14.6. The monoisotopic (exact) mass is 224 g/mol. The average Bonchev–Trinajstić information content (AvgIpc) is 2.29. The SMILES string of the molecule is CCC(CCO)Nc1ccc(C(=O)O)cn1. The quantitative estimate of drug-likeness (QED) is 0.679. The van der Waals surface area contributed by atoms with Crippen LogP contribution in [0.25, 0.3) is 0 Å². The molecule has 0 aliphatic carbocycles. The zero-order chi connectivity index (χ0) is 12.0. The van der Waals surface area contributed by atoms with Crippen LogP contribution < -0.4 is 5.32 Å². The molecule has 1 heterocycles. The van der Waals surface area contributed by atoms with Crippen LogP contribution in [0.1, 0.15) is 30.1 Å². The number of carboxylic acid groups (broad SMARTS) is 1. The summed E-state index contributed by atoms with van der Waals surface area (Å²) in [5.74, 6) is -0.355. The molecule has 5 heteroatoms. The van der Waals surface area contributed by atoms with E-state index in [1.807, 2.05) is 6.92 Å². The minimum absolute atomic E-state index is 0.124. The van der Waals surface area contributed by atoms with E-state index in [2.05, 4.69) is 10.3 Å². The van der Waals surface area contributed by atoms with Gasteiger partial charge in [0.1, 0.15) is 5.82 Å². The molecule has 1 unspecified atom stereocenters. The van der Waals surface area contributed by atoms with E-state index in [1.54, 1.807) is 6.07 Å². The topological polar surface area (TPSA) is 82.5 Å². The number of pyridine rings is 1. The molecule has 3 N–H and O–H groups in total. The van der Waals surface area contributed by atoms with E-state index >= 15 is 0 Å². The summed E-state index contributed by atoms with van der Waals surface area (Å²) in [5.41, 5.74) is 0.167. The maximum Gasteiger partial charge on any atom is 0.337 e. The van der Waals surface area contributed by atoms with Gasteiger partial charge in [0, 0.05) is 18.8 Å². The molecule has 1 rings (SSSR count). The first kappa shape index (κ1) is 12.4. The van der Waals surface area contributed by atoms with E-state index in [-0.39, 0.29) is 18.2 Å². The summed E-state index contributed by atoms with van der Waals surface area (Å²) in [5, 5.41) is 20.7. The van der Waals surface area contributed by atoms with Gasteiger partial charge in [0.2, 0.25) is 0 Å². The zero-order valence-corrected chi connectivity index (χ0v) is 9.18. The van der Waals surface area contributed by atoms with Crippen molar-refractivity contribution in [1.82, 2.24) is 4.98 Å². The van der Waals surface area contributed by atoms with Crippen molar-refractivity contribution >= 4 is 11.8 Å². The van der Waals surface area contributed by atoms with E-state index in [1.165, 1.54) is 12.3 Å². The van der Waals surface area contributed by atoms with Gasteiger partial charge in [-0.3, -0.25) is 0 Å². The Hall–Kier alpha value is -1.62. The summed E-state index contributed by atoms with van der Waals surface area (Å²) in [6, 6.07) is 3.29. The third-order valence-electron chi connectivity index (χ3n) is 2.33. The predicted molar refractivity (Wildman–Crippen MR) is 60.6 cm³/mol. The fraction of sp³-hybridized carbons (Fsp3) is 0.455. The summed E-state index contributed by atoms with van der Waals surface area (Å²) < 4.78 is 0. The Morgan fingerprint density at radius 3 is 2.75 bits per heavy atom. The maximum absolute atomic E-state index is 10.6. The standard InChI is InChI=1S/C11H16N2O3/c1-2-9(5-6-14)13-10-4-3-8(7-12-10)11(15)16/h3-4,7,9,14H,2,5-6H2,1H3,(H,12,13)(H,15,16). The van der Waals surface area contributed by atoms with Crippen LogP contribution in [0.4, 0.5) is 5.82 Å². The predicted octanol–water partition coefficient (Wildman–Crippen LogP) is 1.35. The molecule has 1 aromatic heterocycles. The Bertz CT molecular complexity index is 338. The van der Waals surface area contributed by atoms with Crippen LogP contribution in [0.2, 0.25) is 0 Å². The lowest BCUT2D eigenvalue weighted by atomic mass is 10.1. The van der Waals surface area contributed by atoms with Crippen LogP contribution in [0.5, 0.6) is 0 Å².